The molecule has 0 saturated carbocycles. The van der Waals surface area contributed by atoms with Crippen LogP contribution in [0.3, 0.4) is 0 Å². The molecule has 1 aromatic carbocycles. The molecule has 1 aliphatic rings. The van der Waals surface area contributed by atoms with Crippen molar-refractivity contribution in [1.82, 2.24) is 24.5 Å². The number of rotatable bonds is 5. The van der Waals surface area contributed by atoms with Crippen LogP contribution in [0.2, 0.25) is 5.02 Å². The van der Waals surface area contributed by atoms with Crippen LogP contribution in [0.4, 0.5) is 23.0 Å². The Hall–Kier alpha value is -3.50. The molecule has 3 N–H and O–H groups in total. The van der Waals surface area contributed by atoms with E-state index in [0.717, 1.165) is 5.69 Å². The van der Waals surface area contributed by atoms with Crippen molar-refractivity contribution in [2.45, 2.75) is 13.2 Å². The molecule has 5 rings (SSSR count). The monoisotopic (exact) mass is 441 g/mol. The number of hydrogen-bond donors (Lipinski definition) is 3. The van der Waals surface area contributed by atoms with Crippen LogP contribution in [0, 0.1) is 0 Å². The molecule has 4 aromatic rings. The first-order chi connectivity index (χ1) is 15.0. The molecule has 0 saturated heterocycles. The molecular formula is C20H20ClN7O3. The summed E-state index contributed by atoms with van der Waals surface area (Å²) in [5.74, 6) is 1.66. The Morgan fingerprint density at radius 2 is 2.10 bits per heavy atom. The maximum atomic E-state index is 12.7. The van der Waals surface area contributed by atoms with Crippen molar-refractivity contribution in [3.8, 4) is 5.75 Å². The van der Waals surface area contributed by atoms with Crippen LogP contribution in [0.5, 0.6) is 5.75 Å². The third kappa shape index (κ3) is 3.49. The van der Waals surface area contributed by atoms with Crippen molar-refractivity contribution in [1.29, 1.82) is 0 Å². The lowest BCUT2D eigenvalue weighted by atomic mass is 10.2. The number of aromatic amines is 1. The van der Waals surface area contributed by atoms with Gasteiger partial charge < -0.3 is 20.1 Å². The Kier molecular flexibility index (Phi) is 4.79. The summed E-state index contributed by atoms with van der Waals surface area (Å²) in [6.07, 6.45) is 0. The quantitative estimate of drug-likeness (QED) is 0.436. The zero-order valence-electron chi connectivity index (χ0n) is 16.9. The van der Waals surface area contributed by atoms with Gasteiger partial charge in [0.2, 0.25) is 0 Å². The van der Waals surface area contributed by atoms with E-state index in [1.54, 1.807) is 32.4 Å². The first-order valence-corrected chi connectivity index (χ1v) is 10.0. The molecule has 160 valence electrons. The van der Waals surface area contributed by atoms with Gasteiger partial charge in [-0.3, -0.25) is 19.3 Å². The summed E-state index contributed by atoms with van der Waals surface area (Å²) in [5.41, 5.74) is 2.42. The molecule has 0 radical (unpaired) electrons. The molecule has 0 spiro atoms. The zero-order chi connectivity index (χ0) is 21.5. The van der Waals surface area contributed by atoms with Gasteiger partial charge in [0.15, 0.2) is 17.2 Å². The highest BCUT2D eigenvalue weighted by Crippen LogP contribution is 2.36. The SMILES string of the molecule is COc1c(Cl)cccc1Nc1cc(Nc2cc3n(n2)CCOC3)nc2[nH]n(C)c(=O)c12. The first-order valence-electron chi connectivity index (χ1n) is 9.64. The predicted octanol–water partition coefficient (Wildman–Crippen LogP) is 3.14. The fraction of sp³-hybridized carbons (Fsp3) is 0.250. The van der Waals surface area contributed by atoms with E-state index in [4.69, 9.17) is 21.1 Å². The Balaban J connectivity index is 1.58. The number of H-pyrrole nitrogens is 1. The van der Waals surface area contributed by atoms with Gasteiger partial charge in [-0.15, -0.1) is 0 Å². The van der Waals surface area contributed by atoms with Crippen LogP contribution >= 0.6 is 11.6 Å². The maximum absolute atomic E-state index is 12.7. The van der Waals surface area contributed by atoms with Gasteiger partial charge in [0.05, 0.1) is 49.0 Å². The second-order valence-electron chi connectivity index (χ2n) is 7.12. The number of anilines is 4. The van der Waals surface area contributed by atoms with Gasteiger partial charge >= 0.3 is 0 Å². The molecule has 0 amide bonds. The van der Waals surface area contributed by atoms with Gasteiger partial charge in [-0.2, -0.15) is 5.10 Å². The fourth-order valence-electron chi connectivity index (χ4n) is 3.63. The molecule has 4 heterocycles. The van der Waals surface area contributed by atoms with E-state index >= 15 is 0 Å². The minimum Gasteiger partial charge on any atom is -0.493 e. The van der Waals surface area contributed by atoms with Crippen LogP contribution in [-0.4, -0.2) is 38.3 Å². The third-order valence-corrected chi connectivity index (χ3v) is 5.37. The molecule has 0 aliphatic carbocycles. The van der Waals surface area contributed by atoms with E-state index in [1.165, 1.54) is 4.68 Å². The van der Waals surface area contributed by atoms with Gasteiger partial charge in [-0.25, -0.2) is 4.98 Å². The number of ether oxygens (including phenoxy) is 2. The molecule has 0 fully saturated rings. The smallest absolute Gasteiger partial charge is 0.277 e. The number of nitrogens with zero attached hydrogens (tertiary/aromatic N) is 4. The summed E-state index contributed by atoms with van der Waals surface area (Å²) >= 11 is 6.26. The normalized spacial score (nSPS) is 13.3. The van der Waals surface area contributed by atoms with Gasteiger partial charge in [-0.1, -0.05) is 17.7 Å². The lowest BCUT2D eigenvalue weighted by Gasteiger charge is -2.14. The highest BCUT2D eigenvalue weighted by Gasteiger charge is 2.17. The average molecular weight is 442 g/mol. The number of pyridine rings is 1. The highest BCUT2D eigenvalue weighted by molar-refractivity contribution is 6.32. The lowest BCUT2D eigenvalue weighted by Crippen LogP contribution is -2.16. The summed E-state index contributed by atoms with van der Waals surface area (Å²) < 4.78 is 14.2. The van der Waals surface area contributed by atoms with Gasteiger partial charge in [-0.05, 0) is 12.1 Å². The van der Waals surface area contributed by atoms with Crippen molar-refractivity contribution in [3.63, 3.8) is 0 Å². The third-order valence-electron chi connectivity index (χ3n) is 5.07. The van der Waals surface area contributed by atoms with Crippen LogP contribution < -0.4 is 20.9 Å². The molecule has 10 nitrogen and oxygen atoms in total. The van der Waals surface area contributed by atoms with Crippen molar-refractivity contribution in [2.24, 2.45) is 7.05 Å². The number of halogens is 1. The van der Waals surface area contributed by atoms with Crippen molar-refractivity contribution in [3.05, 3.63) is 51.4 Å². The molecule has 0 unspecified atom stereocenters. The number of nitrogens with one attached hydrogen (secondary N) is 3. The summed E-state index contributed by atoms with van der Waals surface area (Å²) in [5, 5.41) is 14.9. The van der Waals surface area contributed by atoms with Gasteiger partial charge in [0, 0.05) is 19.2 Å². The summed E-state index contributed by atoms with van der Waals surface area (Å²) in [7, 11) is 3.19. The van der Waals surface area contributed by atoms with Crippen LogP contribution in [0.15, 0.2) is 35.1 Å². The standard InChI is InChI=1S/C20H20ClN7O3/c1-27-20(29)17-14(22-13-5-3-4-12(21)18(13)30-2)9-15(24-19(17)26-27)23-16-8-11-10-31-7-6-28(11)25-16/h3-5,8-9H,6-7,10H2,1-2H3,(H3,22,23,24,25,26). The summed E-state index contributed by atoms with van der Waals surface area (Å²) in [6, 6.07) is 9.04. The van der Waals surface area contributed by atoms with Crippen LogP contribution in [-0.2, 0) is 24.9 Å². The first kappa shape index (κ1) is 19.5. The number of para-hydroxylation sites is 1. The number of methoxy groups -OCH3 is 1. The van der Waals surface area contributed by atoms with E-state index in [2.05, 4.69) is 25.8 Å². The number of benzene rings is 1. The summed E-state index contributed by atoms with van der Waals surface area (Å²) in [4.78, 5) is 17.3. The van der Waals surface area contributed by atoms with E-state index < -0.39 is 0 Å². The van der Waals surface area contributed by atoms with Crippen LogP contribution in [0.25, 0.3) is 11.0 Å². The number of hydrogen-bond acceptors (Lipinski definition) is 7. The van der Waals surface area contributed by atoms with Gasteiger partial charge in [0.25, 0.3) is 5.56 Å². The van der Waals surface area contributed by atoms with Crippen LogP contribution in [0.1, 0.15) is 5.69 Å². The minimum atomic E-state index is -0.202. The topological polar surface area (TPSA) is 111 Å². The molecule has 1 aliphatic heterocycles. The number of fused-ring (bicyclic) bond motifs is 2. The Morgan fingerprint density at radius 3 is 2.90 bits per heavy atom. The molecule has 3 aromatic heterocycles. The predicted molar refractivity (Wildman–Crippen MR) is 118 cm³/mol. The Morgan fingerprint density at radius 1 is 1.23 bits per heavy atom. The van der Waals surface area contributed by atoms with E-state index in [-0.39, 0.29) is 5.56 Å². The van der Waals surface area contributed by atoms with E-state index in [1.807, 2.05) is 16.8 Å². The number of aromatic nitrogens is 5. The fourth-order valence-corrected chi connectivity index (χ4v) is 3.88. The lowest BCUT2D eigenvalue weighted by molar-refractivity contribution is 0.0801. The van der Waals surface area contributed by atoms with Crippen molar-refractivity contribution < 1.29 is 9.47 Å². The van der Waals surface area contributed by atoms with E-state index in [0.29, 0.717) is 64.6 Å². The second kappa shape index (κ2) is 7.64. The second-order valence-corrected chi connectivity index (χ2v) is 7.53. The minimum absolute atomic E-state index is 0.202. The molecule has 31 heavy (non-hydrogen) atoms. The largest absolute Gasteiger partial charge is 0.493 e. The Labute approximate surface area is 181 Å². The van der Waals surface area contributed by atoms with Crippen molar-refractivity contribution >= 4 is 45.6 Å². The molecule has 11 heteroatoms. The zero-order valence-corrected chi connectivity index (χ0v) is 17.7. The van der Waals surface area contributed by atoms with Gasteiger partial charge in [0.1, 0.15) is 11.2 Å². The summed E-state index contributed by atoms with van der Waals surface area (Å²) in [6.45, 7) is 1.87. The number of aryl methyl sites for hydroxylation is 1. The average Bonchev–Trinajstić information content (AvgIpc) is 3.28. The highest BCUT2D eigenvalue weighted by atomic mass is 35.5. The molecular weight excluding hydrogens is 422 g/mol. The maximum Gasteiger partial charge on any atom is 0.277 e. The van der Waals surface area contributed by atoms with Crippen molar-refractivity contribution in [2.75, 3.05) is 24.4 Å². The van der Waals surface area contributed by atoms with E-state index in [9.17, 15) is 4.79 Å². The molecule has 0 atom stereocenters. The Bertz CT molecular complexity index is 1320. The molecule has 0 bridgehead atoms.